The van der Waals surface area contributed by atoms with Gasteiger partial charge in [-0.15, -0.1) is 0 Å². The number of nitrogens with zero attached hydrogens (tertiary/aromatic N) is 2. The lowest BCUT2D eigenvalue weighted by atomic mass is 10.2. The first-order valence-electron chi connectivity index (χ1n) is 5.99. The number of carbonyl (C=O) groups is 1. The zero-order valence-electron chi connectivity index (χ0n) is 10.5. The highest BCUT2D eigenvalue weighted by Gasteiger charge is 2.08. The molecule has 0 unspecified atom stereocenters. The van der Waals surface area contributed by atoms with E-state index < -0.39 is 11.2 Å². The van der Waals surface area contributed by atoms with E-state index >= 15 is 0 Å². The van der Waals surface area contributed by atoms with Gasteiger partial charge in [-0.2, -0.15) is 5.26 Å². The molecule has 1 aromatic heterocycles. The van der Waals surface area contributed by atoms with Gasteiger partial charge in [0.15, 0.2) is 0 Å². The number of para-hydroxylation sites is 1. The smallest absolute Gasteiger partial charge is 0.328 e. The molecule has 2 rings (SSSR count). The van der Waals surface area contributed by atoms with Crippen LogP contribution in [0.25, 0.3) is 10.9 Å². The van der Waals surface area contributed by atoms with Crippen LogP contribution in [0.1, 0.15) is 6.42 Å². The lowest BCUT2D eigenvalue weighted by Crippen LogP contribution is -2.36. The fourth-order valence-electron chi connectivity index (χ4n) is 1.84. The Bertz CT molecular complexity index is 798. The van der Waals surface area contributed by atoms with Gasteiger partial charge in [-0.1, -0.05) is 12.1 Å². The van der Waals surface area contributed by atoms with Crippen molar-refractivity contribution in [3.05, 3.63) is 45.1 Å². The van der Waals surface area contributed by atoms with E-state index in [1.54, 1.807) is 30.3 Å². The lowest BCUT2D eigenvalue weighted by molar-refractivity contribution is -0.121. The predicted octanol–water partition coefficient (Wildman–Crippen LogP) is -0.280. The van der Waals surface area contributed by atoms with E-state index in [4.69, 9.17) is 5.26 Å². The summed E-state index contributed by atoms with van der Waals surface area (Å²) in [4.78, 5) is 37.9. The number of aromatic amines is 1. The average Bonchev–Trinajstić information content (AvgIpc) is 2.45. The van der Waals surface area contributed by atoms with Crippen molar-refractivity contribution in [3.8, 4) is 6.07 Å². The summed E-state index contributed by atoms with van der Waals surface area (Å²) in [7, 11) is 0. The number of hydrogen-bond acceptors (Lipinski definition) is 4. The molecule has 0 radical (unpaired) electrons. The van der Waals surface area contributed by atoms with Gasteiger partial charge in [0, 0.05) is 13.0 Å². The lowest BCUT2D eigenvalue weighted by Gasteiger charge is -2.06. The van der Waals surface area contributed by atoms with Crippen molar-refractivity contribution in [2.45, 2.75) is 13.0 Å². The summed E-state index contributed by atoms with van der Waals surface area (Å²) >= 11 is 0. The Balaban J connectivity index is 2.27. The van der Waals surface area contributed by atoms with Crippen LogP contribution < -0.4 is 16.6 Å². The van der Waals surface area contributed by atoms with Gasteiger partial charge in [-0.3, -0.25) is 14.2 Å². The number of nitriles is 1. The van der Waals surface area contributed by atoms with E-state index in [0.29, 0.717) is 10.9 Å². The minimum absolute atomic E-state index is 0.0315. The maximum absolute atomic E-state index is 12.1. The number of carbonyl (C=O) groups excluding carboxylic acids is 1. The Labute approximate surface area is 113 Å². The molecule has 0 aliphatic rings. The standard InChI is InChI=1S/C13H12N4O3/c14-6-7-15-11(18)5-8-17-12(19)9-3-1-2-4-10(9)16-13(17)20/h1-4H,5,7-8H2,(H,15,18)(H,16,20). The van der Waals surface area contributed by atoms with Crippen LogP contribution in [0.5, 0.6) is 0 Å². The zero-order chi connectivity index (χ0) is 14.5. The normalized spacial score (nSPS) is 10.2. The quantitative estimate of drug-likeness (QED) is 0.746. The van der Waals surface area contributed by atoms with Crippen molar-refractivity contribution >= 4 is 16.8 Å². The van der Waals surface area contributed by atoms with Crippen LogP contribution in [0.3, 0.4) is 0 Å². The third kappa shape index (κ3) is 2.75. The molecule has 0 aliphatic heterocycles. The molecule has 2 aromatic rings. The summed E-state index contributed by atoms with van der Waals surface area (Å²) in [5, 5.41) is 11.1. The predicted molar refractivity (Wildman–Crippen MR) is 72.1 cm³/mol. The number of nitrogens with one attached hydrogen (secondary N) is 2. The second-order valence-corrected chi connectivity index (χ2v) is 4.12. The van der Waals surface area contributed by atoms with E-state index in [1.165, 1.54) is 0 Å². The van der Waals surface area contributed by atoms with Gasteiger partial charge < -0.3 is 10.3 Å². The summed E-state index contributed by atoms with van der Waals surface area (Å²) < 4.78 is 0.980. The van der Waals surface area contributed by atoms with Gasteiger partial charge in [0.25, 0.3) is 5.56 Å². The van der Waals surface area contributed by atoms with Crippen LogP contribution in [0.15, 0.2) is 33.9 Å². The van der Waals surface area contributed by atoms with Gasteiger partial charge in [-0.05, 0) is 12.1 Å². The molecule has 0 bridgehead atoms. The maximum Gasteiger partial charge on any atom is 0.328 e. The highest BCUT2D eigenvalue weighted by atomic mass is 16.2. The summed E-state index contributed by atoms with van der Waals surface area (Å²) in [6, 6.07) is 8.45. The van der Waals surface area contributed by atoms with Crippen molar-refractivity contribution in [3.63, 3.8) is 0 Å². The number of fused-ring (bicyclic) bond motifs is 1. The molecule has 1 heterocycles. The molecular weight excluding hydrogens is 260 g/mol. The summed E-state index contributed by atoms with van der Waals surface area (Å²) in [6.07, 6.45) is -0.0387. The van der Waals surface area contributed by atoms with Gasteiger partial charge in [0.2, 0.25) is 5.91 Å². The van der Waals surface area contributed by atoms with Crippen LogP contribution in [-0.2, 0) is 11.3 Å². The van der Waals surface area contributed by atoms with Crippen LogP contribution >= 0.6 is 0 Å². The van der Waals surface area contributed by atoms with Crippen LogP contribution in [0.2, 0.25) is 0 Å². The Morgan fingerprint density at radius 2 is 2.10 bits per heavy atom. The second-order valence-electron chi connectivity index (χ2n) is 4.12. The molecule has 20 heavy (non-hydrogen) atoms. The number of benzene rings is 1. The minimum Gasteiger partial charge on any atom is -0.343 e. The molecule has 0 saturated heterocycles. The van der Waals surface area contributed by atoms with E-state index in [0.717, 1.165) is 4.57 Å². The monoisotopic (exact) mass is 272 g/mol. The van der Waals surface area contributed by atoms with Crippen LogP contribution in [-0.4, -0.2) is 22.0 Å². The Hall–Kier alpha value is -2.88. The Morgan fingerprint density at radius 1 is 1.35 bits per heavy atom. The topological polar surface area (TPSA) is 108 Å². The molecule has 0 aliphatic carbocycles. The fourth-order valence-corrected chi connectivity index (χ4v) is 1.84. The van der Waals surface area contributed by atoms with Crippen molar-refractivity contribution < 1.29 is 4.79 Å². The molecule has 1 amide bonds. The largest absolute Gasteiger partial charge is 0.343 e. The van der Waals surface area contributed by atoms with Gasteiger partial charge >= 0.3 is 5.69 Å². The zero-order valence-corrected chi connectivity index (χ0v) is 10.5. The van der Waals surface area contributed by atoms with Crippen molar-refractivity contribution in [2.75, 3.05) is 6.54 Å². The Kier molecular flexibility index (Phi) is 3.96. The van der Waals surface area contributed by atoms with Crippen molar-refractivity contribution in [2.24, 2.45) is 0 Å². The van der Waals surface area contributed by atoms with Gasteiger partial charge in [0.05, 0.1) is 17.0 Å². The number of amides is 1. The molecule has 0 fully saturated rings. The Morgan fingerprint density at radius 3 is 2.85 bits per heavy atom. The van der Waals surface area contributed by atoms with Crippen molar-refractivity contribution in [1.29, 1.82) is 5.26 Å². The molecule has 0 saturated carbocycles. The summed E-state index contributed by atoms with van der Waals surface area (Å²) in [6.45, 7) is -0.127. The van der Waals surface area contributed by atoms with Gasteiger partial charge in [-0.25, -0.2) is 4.79 Å². The van der Waals surface area contributed by atoms with E-state index in [-0.39, 0.29) is 25.4 Å². The third-order valence-electron chi connectivity index (χ3n) is 2.82. The van der Waals surface area contributed by atoms with E-state index in [1.807, 2.05) is 0 Å². The van der Waals surface area contributed by atoms with Gasteiger partial charge in [0.1, 0.15) is 6.54 Å². The fraction of sp³-hybridized carbons (Fsp3) is 0.231. The van der Waals surface area contributed by atoms with Crippen molar-refractivity contribution in [1.82, 2.24) is 14.9 Å². The summed E-state index contributed by atoms with van der Waals surface area (Å²) in [5.41, 5.74) is -0.521. The third-order valence-corrected chi connectivity index (χ3v) is 2.82. The summed E-state index contributed by atoms with van der Waals surface area (Å²) in [5.74, 6) is -0.383. The number of H-pyrrole nitrogens is 1. The molecule has 7 heteroatoms. The molecular formula is C13H12N4O3. The molecule has 0 spiro atoms. The number of rotatable bonds is 4. The highest BCUT2D eigenvalue weighted by Crippen LogP contribution is 2.02. The minimum atomic E-state index is -0.554. The highest BCUT2D eigenvalue weighted by molar-refractivity contribution is 5.77. The number of hydrogen-bond donors (Lipinski definition) is 2. The van der Waals surface area contributed by atoms with Crippen LogP contribution in [0, 0.1) is 11.3 Å². The molecule has 102 valence electrons. The SMILES string of the molecule is N#CCNC(=O)CCn1c(=O)[nH]c2ccccc2c1=O. The first-order valence-corrected chi connectivity index (χ1v) is 5.99. The molecule has 7 nitrogen and oxygen atoms in total. The van der Waals surface area contributed by atoms with E-state index in [9.17, 15) is 14.4 Å². The molecule has 2 N–H and O–H groups in total. The molecule has 0 atom stereocenters. The maximum atomic E-state index is 12.1. The first kappa shape index (κ1) is 13.5. The number of aromatic nitrogens is 2. The average molecular weight is 272 g/mol. The first-order chi connectivity index (χ1) is 9.63. The van der Waals surface area contributed by atoms with E-state index in [2.05, 4.69) is 10.3 Å². The second kappa shape index (κ2) is 5.84. The molecule has 1 aromatic carbocycles. The van der Waals surface area contributed by atoms with Crippen LogP contribution in [0.4, 0.5) is 0 Å².